The molecule has 0 fully saturated rings. The first-order chi connectivity index (χ1) is 9.12. The highest BCUT2D eigenvalue weighted by Crippen LogP contribution is 2.17. The number of rotatable bonds is 8. The predicted molar refractivity (Wildman–Crippen MR) is 75.0 cm³/mol. The van der Waals surface area contributed by atoms with E-state index in [-0.39, 0.29) is 17.3 Å². The molecule has 0 N–H and O–H groups in total. The van der Waals surface area contributed by atoms with Crippen molar-refractivity contribution in [1.29, 1.82) is 0 Å². The first-order valence-corrected chi connectivity index (χ1v) is 6.80. The lowest BCUT2D eigenvalue weighted by Gasteiger charge is -2.27. The van der Waals surface area contributed by atoms with Crippen LogP contribution in [0.3, 0.4) is 0 Å². The number of halogens is 1. The molecule has 0 saturated heterocycles. The minimum Gasteiger partial charge on any atom is -0.463 e. The molecule has 7 heteroatoms. The van der Waals surface area contributed by atoms with E-state index in [1.165, 1.54) is 0 Å². The van der Waals surface area contributed by atoms with Gasteiger partial charge in [-0.3, -0.25) is 0 Å². The minimum absolute atomic E-state index is 0.138. The van der Waals surface area contributed by atoms with E-state index in [4.69, 9.17) is 21.1 Å². The molecule has 0 saturated carbocycles. The Morgan fingerprint density at radius 3 is 2.58 bits per heavy atom. The highest BCUT2D eigenvalue weighted by molar-refractivity contribution is 6.28. The van der Waals surface area contributed by atoms with Gasteiger partial charge in [0.05, 0.1) is 19.3 Å². The lowest BCUT2D eigenvalue weighted by atomic mass is 10.3. The van der Waals surface area contributed by atoms with E-state index >= 15 is 0 Å². The van der Waals surface area contributed by atoms with E-state index in [2.05, 4.69) is 15.0 Å². The molecule has 1 rings (SSSR count). The second-order valence-corrected chi connectivity index (χ2v) is 4.46. The number of anilines is 1. The van der Waals surface area contributed by atoms with Crippen LogP contribution < -0.4 is 9.64 Å². The maximum absolute atomic E-state index is 5.91. The second kappa shape index (κ2) is 8.12. The van der Waals surface area contributed by atoms with Crippen molar-refractivity contribution in [1.82, 2.24) is 15.0 Å². The summed E-state index contributed by atoms with van der Waals surface area (Å²) in [5.41, 5.74) is 0. The van der Waals surface area contributed by atoms with Crippen LogP contribution in [-0.4, -0.2) is 47.9 Å². The van der Waals surface area contributed by atoms with Gasteiger partial charge >= 0.3 is 6.01 Å². The molecular formula is C12H21ClN4O2. The Morgan fingerprint density at radius 1 is 1.26 bits per heavy atom. The Balaban J connectivity index is 2.92. The Kier molecular flexibility index (Phi) is 6.80. The fourth-order valence-electron chi connectivity index (χ4n) is 1.69. The third-order valence-corrected chi connectivity index (χ3v) is 2.72. The topological polar surface area (TPSA) is 60.4 Å². The Hall–Kier alpha value is -1.14. The minimum atomic E-state index is 0.138. The maximum atomic E-state index is 5.91. The molecule has 0 bridgehead atoms. The van der Waals surface area contributed by atoms with Crippen molar-refractivity contribution in [3.8, 4) is 6.01 Å². The zero-order valence-corrected chi connectivity index (χ0v) is 12.6. The van der Waals surface area contributed by atoms with Crippen molar-refractivity contribution in [2.75, 3.05) is 31.8 Å². The number of ether oxygens (including phenoxy) is 2. The fourth-order valence-corrected chi connectivity index (χ4v) is 1.84. The van der Waals surface area contributed by atoms with E-state index in [0.29, 0.717) is 19.2 Å². The molecule has 6 nitrogen and oxygen atoms in total. The summed E-state index contributed by atoms with van der Waals surface area (Å²) in [6, 6.07) is 0.410. The van der Waals surface area contributed by atoms with Gasteiger partial charge in [0, 0.05) is 13.7 Å². The fraction of sp³-hybridized carbons (Fsp3) is 0.750. The first kappa shape index (κ1) is 15.9. The number of likely N-dealkylation sites (N-methyl/N-ethyl adjacent to an activating group) is 1. The number of methoxy groups -OCH3 is 1. The monoisotopic (exact) mass is 288 g/mol. The lowest BCUT2D eigenvalue weighted by molar-refractivity contribution is 0.181. The van der Waals surface area contributed by atoms with Gasteiger partial charge in [-0.15, -0.1) is 0 Å². The quantitative estimate of drug-likeness (QED) is 0.731. The maximum Gasteiger partial charge on any atom is 0.322 e. The molecule has 0 spiro atoms. The first-order valence-electron chi connectivity index (χ1n) is 6.42. The normalized spacial score (nSPS) is 12.3. The van der Waals surface area contributed by atoms with Gasteiger partial charge in [0.2, 0.25) is 11.2 Å². The summed E-state index contributed by atoms with van der Waals surface area (Å²) in [5.74, 6) is 0.512. The zero-order valence-electron chi connectivity index (χ0n) is 11.9. The van der Waals surface area contributed by atoms with Crippen LogP contribution in [0.15, 0.2) is 0 Å². The molecule has 0 amide bonds. The average molecular weight is 289 g/mol. The van der Waals surface area contributed by atoms with Crippen LogP contribution in [0.4, 0.5) is 5.95 Å². The van der Waals surface area contributed by atoms with Crippen LogP contribution >= 0.6 is 11.6 Å². The van der Waals surface area contributed by atoms with Crippen LogP contribution in [0.25, 0.3) is 0 Å². The third kappa shape index (κ3) is 4.80. The summed E-state index contributed by atoms with van der Waals surface area (Å²) in [4.78, 5) is 14.4. The molecular weight excluding hydrogens is 268 g/mol. The predicted octanol–water partition coefficient (Wildman–Crippen LogP) is 2.17. The van der Waals surface area contributed by atoms with E-state index in [1.807, 2.05) is 25.7 Å². The summed E-state index contributed by atoms with van der Waals surface area (Å²) in [6.07, 6.45) is 0.885. The molecule has 0 aliphatic heterocycles. The van der Waals surface area contributed by atoms with Gasteiger partial charge in [-0.1, -0.05) is 6.92 Å². The van der Waals surface area contributed by atoms with Crippen molar-refractivity contribution in [3.05, 3.63) is 5.28 Å². The molecule has 1 aromatic rings. The van der Waals surface area contributed by atoms with E-state index in [9.17, 15) is 0 Å². The molecule has 0 aliphatic rings. The molecule has 0 radical (unpaired) electrons. The number of hydrogen-bond acceptors (Lipinski definition) is 6. The highest BCUT2D eigenvalue weighted by atomic mass is 35.5. The van der Waals surface area contributed by atoms with Crippen LogP contribution in [0.2, 0.25) is 5.28 Å². The summed E-state index contributed by atoms with van der Waals surface area (Å²) < 4.78 is 10.6. The van der Waals surface area contributed by atoms with E-state index < -0.39 is 0 Å². The zero-order chi connectivity index (χ0) is 14.3. The van der Waals surface area contributed by atoms with Crippen LogP contribution in [0.5, 0.6) is 6.01 Å². The standard InChI is InChI=1S/C12H21ClN4O2/c1-5-7-19-12-15-10(13)14-11(16-12)17(6-2)9(3)8-18-4/h9H,5-8H2,1-4H3. The molecule has 0 aliphatic carbocycles. The van der Waals surface area contributed by atoms with Gasteiger partial charge in [-0.2, -0.15) is 15.0 Å². The summed E-state index contributed by atoms with van der Waals surface area (Å²) >= 11 is 5.91. The van der Waals surface area contributed by atoms with Crippen LogP contribution in [0.1, 0.15) is 27.2 Å². The van der Waals surface area contributed by atoms with Crippen molar-refractivity contribution < 1.29 is 9.47 Å². The summed E-state index contributed by atoms with van der Waals surface area (Å²) in [6.45, 7) is 7.97. The van der Waals surface area contributed by atoms with Crippen LogP contribution in [-0.2, 0) is 4.74 Å². The molecule has 19 heavy (non-hydrogen) atoms. The smallest absolute Gasteiger partial charge is 0.322 e. The largest absolute Gasteiger partial charge is 0.463 e. The van der Waals surface area contributed by atoms with Gasteiger partial charge in [0.25, 0.3) is 0 Å². The molecule has 108 valence electrons. The summed E-state index contributed by atoms with van der Waals surface area (Å²) in [5, 5.41) is 0.138. The summed E-state index contributed by atoms with van der Waals surface area (Å²) in [7, 11) is 1.67. The van der Waals surface area contributed by atoms with Gasteiger partial charge in [0.1, 0.15) is 0 Å². The Bertz CT molecular complexity index is 392. The van der Waals surface area contributed by atoms with Crippen LogP contribution in [0, 0.1) is 0 Å². The van der Waals surface area contributed by atoms with Crippen molar-refractivity contribution >= 4 is 17.5 Å². The third-order valence-electron chi connectivity index (χ3n) is 2.55. The van der Waals surface area contributed by atoms with Crippen molar-refractivity contribution in [3.63, 3.8) is 0 Å². The van der Waals surface area contributed by atoms with Crippen molar-refractivity contribution in [2.24, 2.45) is 0 Å². The van der Waals surface area contributed by atoms with Gasteiger partial charge in [-0.25, -0.2) is 0 Å². The Morgan fingerprint density at radius 2 is 2.00 bits per heavy atom. The lowest BCUT2D eigenvalue weighted by Crippen LogP contribution is -2.37. The van der Waals surface area contributed by atoms with E-state index in [0.717, 1.165) is 13.0 Å². The number of nitrogens with zero attached hydrogens (tertiary/aromatic N) is 4. The van der Waals surface area contributed by atoms with Crippen molar-refractivity contribution in [2.45, 2.75) is 33.2 Å². The average Bonchev–Trinajstić information content (AvgIpc) is 2.37. The second-order valence-electron chi connectivity index (χ2n) is 4.13. The molecule has 1 unspecified atom stereocenters. The van der Waals surface area contributed by atoms with Gasteiger partial charge < -0.3 is 14.4 Å². The Labute approximate surface area is 119 Å². The number of aromatic nitrogens is 3. The van der Waals surface area contributed by atoms with Gasteiger partial charge in [0.15, 0.2) is 0 Å². The highest BCUT2D eigenvalue weighted by Gasteiger charge is 2.17. The molecule has 0 aromatic carbocycles. The van der Waals surface area contributed by atoms with E-state index in [1.54, 1.807) is 7.11 Å². The molecule has 1 atom stereocenters. The molecule has 1 aromatic heterocycles. The number of hydrogen-bond donors (Lipinski definition) is 0. The SMILES string of the molecule is CCCOc1nc(Cl)nc(N(CC)C(C)COC)n1. The molecule has 1 heterocycles. The van der Waals surface area contributed by atoms with Gasteiger partial charge in [-0.05, 0) is 31.9 Å².